The summed E-state index contributed by atoms with van der Waals surface area (Å²) in [6.07, 6.45) is 0.158. The van der Waals surface area contributed by atoms with Crippen LogP contribution in [0.5, 0.6) is 5.75 Å². The van der Waals surface area contributed by atoms with Crippen LogP contribution in [0.15, 0.2) is 18.2 Å². The van der Waals surface area contributed by atoms with Gasteiger partial charge in [0.25, 0.3) is 0 Å². The van der Waals surface area contributed by atoms with Gasteiger partial charge in [0.05, 0.1) is 12.0 Å². The Labute approximate surface area is 108 Å². The number of aryl methyl sites for hydroxylation is 1. The zero-order valence-electron chi connectivity index (χ0n) is 11.1. The topological polar surface area (TPSA) is 50.4 Å². The Morgan fingerprint density at radius 3 is 2.67 bits per heavy atom. The van der Waals surface area contributed by atoms with Gasteiger partial charge in [0, 0.05) is 18.8 Å². The molecule has 0 atom stereocenters. The molecule has 0 bridgehead atoms. The van der Waals surface area contributed by atoms with Crippen LogP contribution >= 0.6 is 0 Å². The smallest absolute Gasteiger partial charge is 0.230 e. The van der Waals surface area contributed by atoms with E-state index in [-0.39, 0.29) is 17.9 Å². The standard InChI is InChI=1S/C14H20N2O2/c1-9(2)18-12-4-5-13(10(3)6-12)16-14(17)11-7-15-8-11/h4-6,9,11,15H,7-8H2,1-3H3,(H,16,17). The Morgan fingerprint density at radius 2 is 2.17 bits per heavy atom. The molecule has 4 heteroatoms. The number of hydrogen-bond acceptors (Lipinski definition) is 3. The molecule has 4 nitrogen and oxygen atoms in total. The monoisotopic (exact) mass is 248 g/mol. The fourth-order valence-corrected chi connectivity index (χ4v) is 1.83. The first-order valence-corrected chi connectivity index (χ1v) is 6.35. The predicted molar refractivity (Wildman–Crippen MR) is 71.9 cm³/mol. The third-order valence-electron chi connectivity index (χ3n) is 2.98. The summed E-state index contributed by atoms with van der Waals surface area (Å²) in [6, 6.07) is 5.74. The Morgan fingerprint density at radius 1 is 1.44 bits per heavy atom. The molecule has 0 saturated carbocycles. The van der Waals surface area contributed by atoms with Gasteiger partial charge in [0.1, 0.15) is 5.75 Å². The highest BCUT2D eigenvalue weighted by Gasteiger charge is 2.25. The minimum absolute atomic E-state index is 0.0920. The van der Waals surface area contributed by atoms with Gasteiger partial charge >= 0.3 is 0 Å². The van der Waals surface area contributed by atoms with E-state index >= 15 is 0 Å². The highest BCUT2D eigenvalue weighted by Crippen LogP contribution is 2.23. The van der Waals surface area contributed by atoms with Gasteiger partial charge in [0.15, 0.2) is 0 Å². The largest absolute Gasteiger partial charge is 0.491 e. The van der Waals surface area contributed by atoms with Crippen molar-refractivity contribution in [3.05, 3.63) is 23.8 Å². The molecule has 1 aromatic carbocycles. The van der Waals surface area contributed by atoms with Crippen LogP contribution in [0.25, 0.3) is 0 Å². The molecule has 1 heterocycles. The highest BCUT2D eigenvalue weighted by atomic mass is 16.5. The molecular weight excluding hydrogens is 228 g/mol. The van der Waals surface area contributed by atoms with E-state index < -0.39 is 0 Å². The van der Waals surface area contributed by atoms with Crippen molar-refractivity contribution in [2.45, 2.75) is 26.9 Å². The number of benzene rings is 1. The SMILES string of the molecule is Cc1cc(OC(C)C)ccc1NC(=O)C1CNC1. The number of ether oxygens (including phenoxy) is 1. The van der Waals surface area contributed by atoms with Crippen LogP contribution in [-0.2, 0) is 4.79 Å². The first-order valence-electron chi connectivity index (χ1n) is 6.35. The van der Waals surface area contributed by atoms with E-state index in [4.69, 9.17) is 4.74 Å². The minimum Gasteiger partial charge on any atom is -0.491 e. The second-order valence-electron chi connectivity index (χ2n) is 4.99. The molecule has 2 rings (SSSR count). The van der Waals surface area contributed by atoms with Gasteiger partial charge in [0.2, 0.25) is 5.91 Å². The van der Waals surface area contributed by atoms with Crippen molar-refractivity contribution in [1.82, 2.24) is 5.32 Å². The van der Waals surface area contributed by atoms with Crippen LogP contribution < -0.4 is 15.4 Å². The molecule has 1 aliphatic rings. The molecule has 0 aliphatic carbocycles. The summed E-state index contributed by atoms with van der Waals surface area (Å²) in [7, 11) is 0. The van der Waals surface area contributed by atoms with Crippen molar-refractivity contribution < 1.29 is 9.53 Å². The lowest BCUT2D eigenvalue weighted by atomic mass is 10.0. The molecule has 0 aromatic heterocycles. The average Bonchev–Trinajstić information content (AvgIpc) is 2.18. The van der Waals surface area contributed by atoms with Crippen LogP contribution in [-0.4, -0.2) is 25.1 Å². The predicted octanol–water partition coefficient (Wildman–Crippen LogP) is 1.94. The number of carbonyl (C=O) groups is 1. The summed E-state index contributed by atoms with van der Waals surface area (Å²) in [5.74, 6) is 1.04. The quantitative estimate of drug-likeness (QED) is 0.856. The molecule has 1 fully saturated rings. The van der Waals surface area contributed by atoms with E-state index in [2.05, 4.69) is 10.6 Å². The molecule has 1 aromatic rings. The average molecular weight is 248 g/mol. The molecular formula is C14H20N2O2. The van der Waals surface area contributed by atoms with Crippen molar-refractivity contribution in [2.75, 3.05) is 18.4 Å². The second kappa shape index (κ2) is 5.40. The van der Waals surface area contributed by atoms with Crippen LogP contribution in [0.1, 0.15) is 19.4 Å². The van der Waals surface area contributed by atoms with E-state index in [0.717, 1.165) is 30.1 Å². The van der Waals surface area contributed by atoms with Crippen molar-refractivity contribution in [3.8, 4) is 5.75 Å². The molecule has 98 valence electrons. The van der Waals surface area contributed by atoms with Crippen LogP contribution in [0, 0.1) is 12.8 Å². The molecule has 0 spiro atoms. The van der Waals surface area contributed by atoms with Crippen molar-refractivity contribution in [3.63, 3.8) is 0 Å². The first-order chi connectivity index (χ1) is 8.56. The summed E-state index contributed by atoms with van der Waals surface area (Å²) >= 11 is 0. The molecule has 0 radical (unpaired) electrons. The summed E-state index contributed by atoms with van der Waals surface area (Å²) in [6.45, 7) is 7.52. The zero-order valence-corrected chi connectivity index (χ0v) is 11.1. The lowest BCUT2D eigenvalue weighted by Gasteiger charge is -2.26. The van der Waals surface area contributed by atoms with Gasteiger partial charge in [-0.2, -0.15) is 0 Å². The summed E-state index contributed by atoms with van der Waals surface area (Å²) in [5, 5.41) is 6.05. The fraction of sp³-hybridized carbons (Fsp3) is 0.500. The third kappa shape index (κ3) is 3.01. The summed E-state index contributed by atoms with van der Waals surface area (Å²) in [4.78, 5) is 11.8. The number of carbonyl (C=O) groups excluding carboxylic acids is 1. The van der Waals surface area contributed by atoms with Crippen LogP contribution in [0.4, 0.5) is 5.69 Å². The van der Waals surface area contributed by atoms with Gasteiger partial charge in [-0.25, -0.2) is 0 Å². The lowest BCUT2D eigenvalue weighted by molar-refractivity contribution is -0.121. The van der Waals surface area contributed by atoms with Crippen LogP contribution in [0.3, 0.4) is 0 Å². The maximum atomic E-state index is 11.8. The molecule has 1 amide bonds. The molecule has 1 saturated heterocycles. The fourth-order valence-electron chi connectivity index (χ4n) is 1.83. The Bertz CT molecular complexity index is 439. The van der Waals surface area contributed by atoms with Gasteiger partial charge in [-0.3, -0.25) is 4.79 Å². The van der Waals surface area contributed by atoms with E-state index in [9.17, 15) is 4.79 Å². The van der Waals surface area contributed by atoms with E-state index in [1.807, 2.05) is 39.0 Å². The highest BCUT2D eigenvalue weighted by molar-refractivity contribution is 5.94. The number of hydrogen-bond donors (Lipinski definition) is 2. The molecule has 0 unspecified atom stereocenters. The van der Waals surface area contributed by atoms with Crippen molar-refractivity contribution in [2.24, 2.45) is 5.92 Å². The molecule has 18 heavy (non-hydrogen) atoms. The first kappa shape index (κ1) is 12.9. The van der Waals surface area contributed by atoms with Crippen molar-refractivity contribution in [1.29, 1.82) is 0 Å². The van der Waals surface area contributed by atoms with Crippen LogP contribution in [0.2, 0.25) is 0 Å². The molecule has 1 aliphatic heterocycles. The Kier molecular flexibility index (Phi) is 3.87. The number of nitrogens with one attached hydrogen (secondary N) is 2. The zero-order chi connectivity index (χ0) is 13.1. The van der Waals surface area contributed by atoms with Gasteiger partial charge in [-0.05, 0) is 44.5 Å². The van der Waals surface area contributed by atoms with Gasteiger partial charge in [-0.15, -0.1) is 0 Å². The third-order valence-corrected chi connectivity index (χ3v) is 2.98. The van der Waals surface area contributed by atoms with E-state index in [0.29, 0.717) is 0 Å². The van der Waals surface area contributed by atoms with Gasteiger partial charge in [-0.1, -0.05) is 0 Å². The maximum absolute atomic E-state index is 11.8. The number of rotatable bonds is 4. The van der Waals surface area contributed by atoms with E-state index in [1.54, 1.807) is 0 Å². The van der Waals surface area contributed by atoms with Crippen molar-refractivity contribution >= 4 is 11.6 Å². The molecule has 2 N–H and O–H groups in total. The second-order valence-corrected chi connectivity index (χ2v) is 4.99. The van der Waals surface area contributed by atoms with E-state index in [1.165, 1.54) is 0 Å². The Balaban J connectivity index is 2.02. The minimum atomic E-state index is 0.0920. The van der Waals surface area contributed by atoms with Gasteiger partial charge < -0.3 is 15.4 Å². The summed E-state index contributed by atoms with van der Waals surface area (Å²) in [5.41, 5.74) is 1.89. The lowest BCUT2D eigenvalue weighted by Crippen LogP contribution is -2.48. The summed E-state index contributed by atoms with van der Waals surface area (Å²) < 4.78 is 5.61. The number of amides is 1. The normalized spacial score (nSPS) is 15.3. The number of anilines is 1. The maximum Gasteiger partial charge on any atom is 0.230 e. The Hall–Kier alpha value is -1.55.